The van der Waals surface area contributed by atoms with Crippen molar-refractivity contribution in [3.63, 3.8) is 0 Å². The van der Waals surface area contributed by atoms with Gasteiger partial charge in [0.1, 0.15) is 0 Å². The van der Waals surface area contributed by atoms with Crippen molar-refractivity contribution in [2.45, 2.75) is 52.7 Å². The minimum absolute atomic E-state index is 0.0390. The van der Waals surface area contributed by atoms with E-state index in [9.17, 15) is 13.2 Å². The third kappa shape index (κ3) is 2.51. The molecular formula is C11H19F3O2. The molecule has 1 aliphatic heterocycles. The van der Waals surface area contributed by atoms with E-state index in [0.29, 0.717) is 0 Å². The van der Waals surface area contributed by atoms with Gasteiger partial charge in [-0.15, -0.1) is 0 Å². The molecule has 0 aliphatic carbocycles. The zero-order valence-corrected chi connectivity index (χ0v) is 10.3. The van der Waals surface area contributed by atoms with E-state index in [2.05, 4.69) is 0 Å². The zero-order chi connectivity index (χ0) is 12.8. The van der Waals surface area contributed by atoms with Crippen LogP contribution in [0.4, 0.5) is 13.2 Å². The summed E-state index contributed by atoms with van der Waals surface area (Å²) in [5.74, 6) is -2.50. The van der Waals surface area contributed by atoms with Gasteiger partial charge in [0.25, 0.3) is 5.79 Å². The Kier molecular flexibility index (Phi) is 3.34. The summed E-state index contributed by atoms with van der Waals surface area (Å²) >= 11 is 0. The Hall–Kier alpha value is -0.290. The average molecular weight is 240 g/mol. The normalized spacial score (nSPS) is 37.5. The van der Waals surface area contributed by atoms with Crippen LogP contribution in [0.1, 0.15) is 34.6 Å². The molecule has 3 atom stereocenters. The predicted octanol–water partition coefficient (Wildman–Crippen LogP) is 3.36. The lowest BCUT2D eigenvalue weighted by atomic mass is 9.77. The maximum absolute atomic E-state index is 12.7. The Morgan fingerprint density at radius 2 is 1.69 bits per heavy atom. The van der Waals surface area contributed by atoms with E-state index in [1.807, 2.05) is 20.8 Å². The van der Waals surface area contributed by atoms with E-state index < -0.39 is 18.1 Å². The topological polar surface area (TPSA) is 18.5 Å². The maximum Gasteiger partial charge on any atom is 0.442 e. The molecule has 0 saturated carbocycles. The van der Waals surface area contributed by atoms with Crippen molar-refractivity contribution in [1.82, 2.24) is 0 Å². The predicted molar refractivity (Wildman–Crippen MR) is 53.9 cm³/mol. The fourth-order valence-corrected chi connectivity index (χ4v) is 1.96. The molecule has 0 spiro atoms. The molecule has 1 rings (SSSR count). The van der Waals surface area contributed by atoms with Gasteiger partial charge in [0.15, 0.2) is 0 Å². The molecular weight excluding hydrogens is 221 g/mol. The van der Waals surface area contributed by atoms with Gasteiger partial charge in [-0.2, -0.15) is 13.2 Å². The van der Waals surface area contributed by atoms with Crippen LogP contribution in [-0.4, -0.2) is 24.7 Å². The van der Waals surface area contributed by atoms with Gasteiger partial charge >= 0.3 is 6.18 Å². The second-order valence-corrected chi connectivity index (χ2v) is 5.55. The maximum atomic E-state index is 12.7. The Balaban J connectivity index is 2.80. The van der Waals surface area contributed by atoms with Crippen LogP contribution in [-0.2, 0) is 9.47 Å². The Labute approximate surface area is 94.1 Å². The van der Waals surface area contributed by atoms with E-state index in [0.717, 1.165) is 6.92 Å². The fraction of sp³-hybridized carbons (Fsp3) is 1.00. The van der Waals surface area contributed by atoms with Gasteiger partial charge in [0.05, 0.1) is 12.7 Å². The van der Waals surface area contributed by atoms with Crippen molar-refractivity contribution in [2.24, 2.45) is 11.3 Å². The zero-order valence-electron chi connectivity index (χ0n) is 10.3. The van der Waals surface area contributed by atoms with Gasteiger partial charge in [-0.3, -0.25) is 0 Å². The van der Waals surface area contributed by atoms with Crippen LogP contribution in [0.2, 0.25) is 0 Å². The molecule has 0 amide bonds. The lowest BCUT2D eigenvalue weighted by molar-refractivity contribution is -0.414. The van der Waals surface area contributed by atoms with Crippen LogP contribution in [0.25, 0.3) is 0 Å². The largest absolute Gasteiger partial charge is 0.442 e. The van der Waals surface area contributed by atoms with Gasteiger partial charge in [-0.05, 0) is 19.3 Å². The highest BCUT2D eigenvalue weighted by atomic mass is 19.4. The van der Waals surface area contributed by atoms with E-state index in [1.165, 1.54) is 0 Å². The van der Waals surface area contributed by atoms with Crippen molar-refractivity contribution >= 4 is 0 Å². The molecule has 16 heavy (non-hydrogen) atoms. The second kappa shape index (κ2) is 3.88. The highest BCUT2D eigenvalue weighted by Crippen LogP contribution is 2.43. The van der Waals surface area contributed by atoms with Crippen LogP contribution in [0.5, 0.6) is 0 Å². The molecule has 0 radical (unpaired) electrons. The van der Waals surface area contributed by atoms with E-state index in [4.69, 9.17) is 9.47 Å². The van der Waals surface area contributed by atoms with Crippen molar-refractivity contribution in [1.29, 1.82) is 0 Å². The number of ether oxygens (including phenoxy) is 2. The third-order valence-electron chi connectivity index (χ3n) is 3.14. The first-order valence-corrected chi connectivity index (χ1v) is 5.36. The highest BCUT2D eigenvalue weighted by molar-refractivity contribution is 4.87. The second-order valence-electron chi connectivity index (χ2n) is 5.55. The molecule has 96 valence electrons. The van der Waals surface area contributed by atoms with Crippen molar-refractivity contribution in [3.8, 4) is 0 Å². The fourth-order valence-electron chi connectivity index (χ4n) is 1.96. The first kappa shape index (κ1) is 13.8. The van der Waals surface area contributed by atoms with Gasteiger partial charge in [0.2, 0.25) is 0 Å². The summed E-state index contributed by atoms with van der Waals surface area (Å²) in [6, 6.07) is 0. The smallest absolute Gasteiger partial charge is 0.342 e. The van der Waals surface area contributed by atoms with Crippen LogP contribution in [0.15, 0.2) is 0 Å². The molecule has 0 aromatic rings. The standard InChI is InChI=1S/C11H19F3O2/c1-7-8(9(2,3)4)6-15-10(5,16-7)11(12,13)14/h7-8H,6H2,1-5H3. The summed E-state index contributed by atoms with van der Waals surface area (Å²) in [7, 11) is 0. The molecule has 0 bridgehead atoms. The quantitative estimate of drug-likeness (QED) is 0.646. The summed E-state index contributed by atoms with van der Waals surface area (Å²) in [4.78, 5) is 0. The molecule has 1 heterocycles. The summed E-state index contributed by atoms with van der Waals surface area (Å²) in [6.45, 7) is 8.58. The van der Waals surface area contributed by atoms with Gasteiger partial charge in [0, 0.05) is 5.92 Å². The van der Waals surface area contributed by atoms with Crippen molar-refractivity contribution in [2.75, 3.05) is 6.61 Å². The SMILES string of the molecule is CC1OC(C)(C(F)(F)F)OCC1C(C)(C)C. The van der Waals surface area contributed by atoms with Crippen molar-refractivity contribution in [3.05, 3.63) is 0 Å². The van der Waals surface area contributed by atoms with Crippen LogP contribution in [0, 0.1) is 11.3 Å². The van der Waals surface area contributed by atoms with Gasteiger partial charge in [-0.1, -0.05) is 20.8 Å². The molecule has 5 heteroatoms. The Morgan fingerprint density at radius 1 is 1.19 bits per heavy atom. The minimum Gasteiger partial charge on any atom is -0.342 e. The number of alkyl halides is 3. The highest BCUT2D eigenvalue weighted by Gasteiger charge is 2.58. The van der Waals surface area contributed by atoms with E-state index >= 15 is 0 Å². The first-order valence-electron chi connectivity index (χ1n) is 5.36. The number of hydrogen-bond acceptors (Lipinski definition) is 2. The third-order valence-corrected chi connectivity index (χ3v) is 3.14. The number of halogens is 3. The monoisotopic (exact) mass is 240 g/mol. The van der Waals surface area contributed by atoms with Crippen LogP contribution >= 0.6 is 0 Å². The summed E-state index contributed by atoms with van der Waals surface area (Å²) in [6.07, 6.45) is -4.97. The Morgan fingerprint density at radius 3 is 2.00 bits per heavy atom. The summed E-state index contributed by atoms with van der Waals surface area (Å²) in [5.41, 5.74) is -0.133. The number of rotatable bonds is 0. The molecule has 3 unspecified atom stereocenters. The molecule has 1 aliphatic rings. The molecule has 2 nitrogen and oxygen atoms in total. The van der Waals surface area contributed by atoms with E-state index in [-0.39, 0.29) is 17.9 Å². The summed E-state index contributed by atoms with van der Waals surface area (Å²) < 4.78 is 47.9. The lowest BCUT2D eigenvalue weighted by Gasteiger charge is -2.46. The molecule has 0 N–H and O–H groups in total. The minimum atomic E-state index is -4.50. The molecule has 1 saturated heterocycles. The average Bonchev–Trinajstić information content (AvgIpc) is 1.98. The number of hydrogen-bond donors (Lipinski definition) is 0. The van der Waals surface area contributed by atoms with Crippen LogP contribution in [0.3, 0.4) is 0 Å². The summed E-state index contributed by atoms with van der Waals surface area (Å²) in [5, 5.41) is 0. The molecule has 0 aromatic carbocycles. The molecule has 1 fully saturated rings. The van der Waals surface area contributed by atoms with Gasteiger partial charge < -0.3 is 9.47 Å². The van der Waals surface area contributed by atoms with Crippen LogP contribution < -0.4 is 0 Å². The van der Waals surface area contributed by atoms with Gasteiger partial charge in [-0.25, -0.2) is 0 Å². The van der Waals surface area contributed by atoms with E-state index in [1.54, 1.807) is 6.92 Å². The Bertz CT molecular complexity index is 257. The lowest BCUT2D eigenvalue weighted by Crippen LogP contribution is -2.57. The van der Waals surface area contributed by atoms with Crippen molar-refractivity contribution < 1.29 is 22.6 Å². The molecule has 0 aromatic heterocycles. The first-order chi connectivity index (χ1) is 6.97.